The number of rotatable bonds is 5. The second kappa shape index (κ2) is 8.95. The fraction of sp³-hybridized carbons (Fsp3) is 0.200. The van der Waals surface area contributed by atoms with Crippen molar-refractivity contribution in [2.75, 3.05) is 30.8 Å². The van der Waals surface area contributed by atoms with Crippen LogP contribution in [0.5, 0.6) is 5.75 Å². The fourth-order valence-corrected chi connectivity index (χ4v) is 6.17. The van der Waals surface area contributed by atoms with Crippen molar-refractivity contribution in [1.82, 2.24) is 10.2 Å². The number of nitrogens with one attached hydrogen (secondary N) is 3. The number of para-hydroxylation sites is 2. The summed E-state index contributed by atoms with van der Waals surface area (Å²) in [5.74, 6) is 0.420. The van der Waals surface area contributed by atoms with Crippen LogP contribution >= 0.6 is 0 Å². The molecule has 1 fully saturated rings. The molecule has 180 valence electrons. The Morgan fingerprint density at radius 3 is 2.57 bits per heavy atom. The third-order valence-corrected chi connectivity index (χ3v) is 8.15. The lowest BCUT2D eigenvalue weighted by molar-refractivity contribution is 0.207. The van der Waals surface area contributed by atoms with Gasteiger partial charge in [-0.25, -0.2) is 22.9 Å². The Morgan fingerprint density at radius 1 is 1.06 bits per heavy atom. The van der Waals surface area contributed by atoms with E-state index in [1.807, 2.05) is 30.3 Å². The monoisotopic (exact) mass is 492 g/mol. The molecule has 5 rings (SSSR count). The van der Waals surface area contributed by atoms with Gasteiger partial charge < -0.3 is 20.7 Å². The average Bonchev–Trinajstić information content (AvgIpc) is 3.51. The van der Waals surface area contributed by atoms with Gasteiger partial charge in [-0.2, -0.15) is 0 Å². The van der Waals surface area contributed by atoms with Crippen LogP contribution in [0.3, 0.4) is 0 Å². The molecule has 0 radical (unpaired) electrons. The molecule has 10 heteroatoms. The van der Waals surface area contributed by atoms with Crippen LogP contribution in [-0.4, -0.2) is 51.0 Å². The van der Waals surface area contributed by atoms with E-state index in [9.17, 15) is 18.0 Å². The standard InChI is InChI=1S/C25H24N4O5S/c1-34-20-10-6-5-9-19(20)27-24(30)29-15-22(28-25(29)31)35(32,33)21-12-11-18-17(13-14-26-18)23(21)16-7-3-2-4-8-16/h2-12,22,26H,13-15H2,1H3,(H,27,30)(H,28,31). The lowest BCUT2D eigenvalue weighted by Crippen LogP contribution is -2.37. The topological polar surface area (TPSA) is 117 Å². The van der Waals surface area contributed by atoms with Gasteiger partial charge in [0.25, 0.3) is 0 Å². The van der Waals surface area contributed by atoms with E-state index in [4.69, 9.17) is 4.74 Å². The van der Waals surface area contributed by atoms with Crippen molar-refractivity contribution in [3.63, 3.8) is 0 Å². The molecule has 1 atom stereocenters. The molecule has 2 aliphatic rings. The van der Waals surface area contributed by atoms with Crippen LogP contribution in [0.1, 0.15) is 5.56 Å². The number of methoxy groups -OCH3 is 1. The van der Waals surface area contributed by atoms with Gasteiger partial charge in [-0.1, -0.05) is 42.5 Å². The van der Waals surface area contributed by atoms with E-state index < -0.39 is 27.3 Å². The number of carbonyl (C=O) groups is 2. The summed E-state index contributed by atoms with van der Waals surface area (Å²) >= 11 is 0. The van der Waals surface area contributed by atoms with Crippen LogP contribution in [0.15, 0.2) is 71.6 Å². The van der Waals surface area contributed by atoms with Crippen LogP contribution in [-0.2, 0) is 16.3 Å². The molecule has 0 saturated carbocycles. The zero-order valence-corrected chi connectivity index (χ0v) is 19.8. The van der Waals surface area contributed by atoms with Gasteiger partial charge in [-0.05, 0) is 41.8 Å². The number of urea groups is 2. The SMILES string of the molecule is COc1ccccc1NC(=O)N1CC(S(=O)(=O)c2ccc3c(c2-c2ccccc2)CCN3)NC1=O. The number of nitrogens with zero attached hydrogens (tertiary/aromatic N) is 1. The Morgan fingerprint density at radius 2 is 1.80 bits per heavy atom. The zero-order chi connectivity index (χ0) is 24.6. The molecule has 0 aromatic heterocycles. The Hall–Kier alpha value is -4.05. The van der Waals surface area contributed by atoms with E-state index in [-0.39, 0.29) is 11.4 Å². The van der Waals surface area contributed by atoms with Gasteiger partial charge in [-0.3, -0.25) is 0 Å². The van der Waals surface area contributed by atoms with Crippen LogP contribution < -0.4 is 20.7 Å². The van der Waals surface area contributed by atoms with Crippen molar-refractivity contribution in [3.05, 3.63) is 72.3 Å². The summed E-state index contributed by atoms with van der Waals surface area (Å²) in [4.78, 5) is 26.5. The fourth-order valence-electron chi connectivity index (χ4n) is 4.48. The van der Waals surface area contributed by atoms with Crippen LogP contribution in [0.4, 0.5) is 21.0 Å². The summed E-state index contributed by atoms with van der Waals surface area (Å²) in [6, 6.07) is 17.9. The maximum absolute atomic E-state index is 13.8. The highest BCUT2D eigenvalue weighted by atomic mass is 32.2. The van der Waals surface area contributed by atoms with Crippen LogP contribution in [0.25, 0.3) is 11.1 Å². The van der Waals surface area contributed by atoms with Crippen LogP contribution in [0, 0.1) is 0 Å². The smallest absolute Gasteiger partial charge is 0.330 e. The molecule has 35 heavy (non-hydrogen) atoms. The first-order chi connectivity index (χ1) is 16.9. The number of ether oxygens (including phenoxy) is 1. The van der Waals surface area contributed by atoms with Gasteiger partial charge >= 0.3 is 12.1 Å². The van der Waals surface area contributed by atoms with E-state index in [1.54, 1.807) is 36.4 Å². The van der Waals surface area contributed by atoms with Crippen molar-refractivity contribution in [3.8, 4) is 16.9 Å². The van der Waals surface area contributed by atoms with Gasteiger partial charge in [0.05, 0.1) is 24.2 Å². The summed E-state index contributed by atoms with van der Waals surface area (Å²) in [5, 5.41) is 7.09. The molecule has 4 amide bonds. The van der Waals surface area contributed by atoms with Crippen molar-refractivity contribution in [2.24, 2.45) is 0 Å². The average molecular weight is 493 g/mol. The number of sulfone groups is 1. The first kappa shape index (κ1) is 22.7. The first-order valence-electron chi connectivity index (χ1n) is 11.1. The van der Waals surface area contributed by atoms with E-state index in [2.05, 4.69) is 16.0 Å². The molecule has 3 aromatic rings. The summed E-state index contributed by atoms with van der Waals surface area (Å²) in [5.41, 5.74) is 3.60. The minimum Gasteiger partial charge on any atom is -0.495 e. The summed E-state index contributed by atoms with van der Waals surface area (Å²) in [6.45, 7) is 0.390. The molecule has 2 aliphatic heterocycles. The van der Waals surface area contributed by atoms with Gasteiger partial charge in [0.15, 0.2) is 5.37 Å². The quantitative estimate of drug-likeness (QED) is 0.500. The third kappa shape index (κ3) is 4.06. The Balaban J connectivity index is 1.46. The van der Waals surface area contributed by atoms with Crippen molar-refractivity contribution < 1.29 is 22.7 Å². The number of amides is 4. The lowest BCUT2D eigenvalue weighted by Gasteiger charge is -2.18. The maximum Gasteiger partial charge on any atom is 0.330 e. The number of fused-ring (bicyclic) bond motifs is 1. The molecule has 0 spiro atoms. The van der Waals surface area contributed by atoms with E-state index in [1.165, 1.54) is 7.11 Å². The largest absolute Gasteiger partial charge is 0.495 e. The predicted molar refractivity (Wildman–Crippen MR) is 132 cm³/mol. The Bertz CT molecular complexity index is 1410. The molecule has 1 unspecified atom stereocenters. The van der Waals surface area contributed by atoms with Crippen LogP contribution in [0.2, 0.25) is 0 Å². The minimum atomic E-state index is -4.03. The number of anilines is 2. The maximum atomic E-state index is 13.8. The van der Waals surface area contributed by atoms with Gasteiger partial charge in [-0.15, -0.1) is 0 Å². The zero-order valence-electron chi connectivity index (χ0n) is 18.9. The van der Waals surface area contributed by atoms with Crippen molar-refractivity contribution >= 4 is 33.3 Å². The van der Waals surface area contributed by atoms with Gasteiger partial charge in [0.2, 0.25) is 9.84 Å². The third-order valence-electron chi connectivity index (χ3n) is 6.18. The number of hydrogen-bond acceptors (Lipinski definition) is 6. The highest BCUT2D eigenvalue weighted by Crippen LogP contribution is 2.39. The number of imide groups is 1. The number of benzene rings is 3. The van der Waals surface area contributed by atoms with E-state index in [0.29, 0.717) is 23.4 Å². The van der Waals surface area contributed by atoms with E-state index >= 15 is 0 Å². The molecular formula is C25H24N4O5S. The van der Waals surface area contributed by atoms with Crippen molar-refractivity contribution in [2.45, 2.75) is 16.7 Å². The molecule has 3 aromatic carbocycles. The second-order valence-corrected chi connectivity index (χ2v) is 10.3. The molecular weight excluding hydrogens is 468 g/mol. The molecule has 2 heterocycles. The summed E-state index contributed by atoms with van der Waals surface area (Å²) in [7, 11) is -2.57. The molecule has 0 aliphatic carbocycles. The normalized spacial score (nSPS) is 16.9. The molecule has 3 N–H and O–H groups in total. The van der Waals surface area contributed by atoms with Crippen molar-refractivity contribution in [1.29, 1.82) is 0 Å². The molecule has 1 saturated heterocycles. The number of carbonyl (C=O) groups excluding carboxylic acids is 2. The minimum absolute atomic E-state index is 0.128. The Kier molecular flexibility index (Phi) is 5.81. The Labute approximate surface area is 203 Å². The highest BCUT2D eigenvalue weighted by Gasteiger charge is 2.42. The second-order valence-electron chi connectivity index (χ2n) is 8.23. The lowest BCUT2D eigenvalue weighted by atomic mass is 9.98. The first-order valence-corrected chi connectivity index (χ1v) is 12.7. The molecule has 9 nitrogen and oxygen atoms in total. The van der Waals surface area contributed by atoms with Gasteiger partial charge in [0, 0.05) is 17.8 Å². The summed E-state index contributed by atoms with van der Waals surface area (Å²) in [6.07, 6.45) is 0.688. The molecule has 0 bridgehead atoms. The highest BCUT2D eigenvalue weighted by molar-refractivity contribution is 7.92. The van der Waals surface area contributed by atoms with Gasteiger partial charge in [0.1, 0.15) is 5.75 Å². The number of hydrogen-bond donors (Lipinski definition) is 3. The predicted octanol–water partition coefficient (Wildman–Crippen LogP) is 3.69. The summed E-state index contributed by atoms with van der Waals surface area (Å²) < 4.78 is 32.8. The van der Waals surface area contributed by atoms with E-state index in [0.717, 1.165) is 28.3 Å².